The second kappa shape index (κ2) is 17.8. The van der Waals surface area contributed by atoms with Gasteiger partial charge in [0, 0.05) is 36.1 Å². The molecular weight excluding hydrogens is 548 g/mol. The van der Waals surface area contributed by atoms with Crippen LogP contribution in [0, 0.1) is 6.92 Å². The lowest BCUT2D eigenvalue weighted by atomic mass is 10.1. The maximum absolute atomic E-state index is 12.1. The maximum atomic E-state index is 12.1. The van der Waals surface area contributed by atoms with Crippen molar-refractivity contribution in [3.05, 3.63) is 65.7 Å². The van der Waals surface area contributed by atoms with Gasteiger partial charge >= 0.3 is 12.1 Å². The zero-order valence-corrected chi connectivity index (χ0v) is 25.7. The lowest BCUT2D eigenvalue weighted by Gasteiger charge is -2.16. The minimum absolute atomic E-state index is 0.0575. The number of furan rings is 1. The van der Waals surface area contributed by atoms with Crippen molar-refractivity contribution < 1.29 is 28.6 Å². The van der Waals surface area contributed by atoms with Gasteiger partial charge in [-0.1, -0.05) is 45.2 Å². The van der Waals surface area contributed by atoms with Gasteiger partial charge < -0.3 is 23.9 Å². The fourth-order valence-electron chi connectivity index (χ4n) is 4.47. The van der Waals surface area contributed by atoms with Crippen molar-refractivity contribution in [2.75, 3.05) is 32.3 Å². The number of aliphatic carboxylic acids is 1. The van der Waals surface area contributed by atoms with Crippen LogP contribution in [0.2, 0.25) is 0 Å². The number of amides is 1. The fraction of sp³-hybridized carbons (Fsp3) is 0.455. The van der Waals surface area contributed by atoms with Crippen LogP contribution in [-0.2, 0) is 27.2 Å². The predicted octanol–water partition coefficient (Wildman–Crippen LogP) is 7.33. The molecule has 4 aromatic rings. The van der Waals surface area contributed by atoms with Gasteiger partial charge in [0.25, 0.3) is 0 Å². The number of anilines is 1. The van der Waals surface area contributed by atoms with Crippen LogP contribution >= 0.6 is 0 Å². The first-order valence-electron chi connectivity index (χ1n) is 14.9. The molecule has 232 valence electrons. The number of fused-ring (bicyclic) bond motifs is 2. The number of rotatable bonds is 15. The smallest absolute Gasteiger partial charge is 0.413 e. The van der Waals surface area contributed by atoms with E-state index in [4.69, 9.17) is 24.0 Å². The predicted molar refractivity (Wildman–Crippen MR) is 168 cm³/mol. The van der Waals surface area contributed by atoms with Crippen LogP contribution in [0.5, 0.6) is 0 Å². The lowest BCUT2D eigenvalue weighted by Crippen LogP contribution is -2.21. The summed E-state index contributed by atoms with van der Waals surface area (Å²) in [5, 5.41) is 11.9. The topological polar surface area (TPSA) is 127 Å². The van der Waals surface area contributed by atoms with Crippen molar-refractivity contribution >= 4 is 39.8 Å². The van der Waals surface area contributed by atoms with Gasteiger partial charge in [-0.15, -0.1) is 0 Å². The van der Waals surface area contributed by atoms with Gasteiger partial charge in [0.2, 0.25) is 0 Å². The van der Waals surface area contributed by atoms with E-state index in [1.165, 1.54) is 0 Å². The average molecular weight is 593 g/mol. The van der Waals surface area contributed by atoms with Crippen LogP contribution in [-0.4, -0.2) is 59.0 Å². The van der Waals surface area contributed by atoms with E-state index in [2.05, 4.69) is 36.1 Å². The third-order valence-corrected chi connectivity index (χ3v) is 6.82. The molecule has 0 fully saturated rings. The molecule has 2 aromatic heterocycles. The molecule has 0 aliphatic rings. The average Bonchev–Trinajstić information content (AvgIpc) is 3.30. The highest BCUT2D eigenvalue weighted by Crippen LogP contribution is 2.29. The first-order chi connectivity index (χ1) is 20.8. The van der Waals surface area contributed by atoms with Crippen molar-refractivity contribution in [2.24, 2.45) is 0 Å². The molecule has 0 atom stereocenters. The highest BCUT2D eigenvalue weighted by molar-refractivity contribution is 5.91. The molecule has 10 nitrogen and oxygen atoms in total. The molecule has 0 bridgehead atoms. The summed E-state index contributed by atoms with van der Waals surface area (Å²) in [5.74, 6) is 0.196. The molecule has 0 saturated heterocycles. The highest BCUT2D eigenvalue weighted by Gasteiger charge is 2.14. The van der Waals surface area contributed by atoms with E-state index in [1.807, 2.05) is 49.5 Å². The van der Waals surface area contributed by atoms with Crippen LogP contribution in [0.4, 0.5) is 10.5 Å². The summed E-state index contributed by atoms with van der Waals surface area (Å²) in [6.45, 7) is 8.15. The second-order valence-corrected chi connectivity index (χ2v) is 10.5. The van der Waals surface area contributed by atoms with Gasteiger partial charge in [-0.05, 0) is 63.6 Å². The molecule has 43 heavy (non-hydrogen) atoms. The van der Waals surface area contributed by atoms with Gasteiger partial charge in [-0.2, -0.15) is 0 Å². The van der Waals surface area contributed by atoms with Crippen LogP contribution in [0.15, 0.2) is 53.1 Å². The first-order valence-corrected chi connectivity index (χ1v) is 14.9. The number of hydrogen-bond acceptors (Lipinski definition) is 8. The molecule has 2 aromatic carbocycles. The molecule has 10 heteroatoms. The number of likely N-dealkylation sites (N-methyl/N-ethyl adjacent to an activating group) is 1. The summed E-state index contributed by atoms with van der Waals surface area (Å²) in [6.07, 6.45) is 7.35. The summed E-state index contributed by atoms with van der Waals surface area (Å²) >= 11 is 0. The Kier molecular flexibility index (Phi) is 13.9. The van der Waals surface area contributed by atoms with E-state index in [9.17, 15) is 9.59 Å². The number of carboxylic acids is 1. The third kappa shape index (κ3) is 11.3. The Balaban J connectivity index is 0.000000557. The van der Waals surface area contributed by atoms with Gasteiger partial charge in [-0.25, -0.2) is 9.78 Å². The monoisotopic (exact) mass is 592 g/mol. The van der Waals surface area contributed by atoms with E-state index in [1.54, 1.807) is 6.07 Å². The van der Waals surface area contributed by atoms with Crippen LogP contribution in [0.1, 0.15) is 69.4 Å². The quantitative estimate of drug-likeness (QED) is 0.108. The molecule has 0 radical (unpaired) electrons. The lowest BCUT2D eigenvalue weighted by molar-refractivity contribution is -0.137. The van der Waals surface area contributed by atoms with Gasteiger partial charge in [0.05, 0.1) is 29.5 Å². The largest absolute Gasteiger partial charge is 0.481 e. The van der Waals surface area contributed by atoms with Crippen molar-refractivity contribution in [2.45, 2.75) is 72.3 Å². The van der Waals surface area contributed by atoms with Gasteiger partial charge in [0.1, 0.15) is 11.3 Å². The Morgan fingerprint density at radius 1 is 1.05 bits per heavy atom. The number of carbonyl (C=O) groups excluding carboxylic acids is 1. The number of unbranched alkanes of at least 4 members (excludes halogenated alkanes) is 3. The van der Waals surface area contributed by atoms with Crippen LogP contribution in [0.25, 0.3) is 22.0 Å². The molecule has 0 spiro atoms. The first kappa shape index (κ1) is 33.5. The third-order valence-electron chi connectivity index (χ3n) is 6.82. The van der Waals surface area contributed by atoms with Crippen molar-refractivity contribution in [1.29, 1.82) is 0 Å². The summed E-state index contributed by atoms with van der Waals surface area (Å²) in [5.41, 5.74) is 5.30. The van der Waals surface area contributed by atoms with Crippen LogP contribution < -0.4 is 5.32 Å². The van der Waals surface area contributed by atoms with E-state index in [-0.39, 0.29) is 6.79 Å². The van der Waals surface area contributed by atoms with Crippen molar-refractivity contribution in [3.8, 4) is 0 Å². The molecule has 0 saturated carbocycles. The Hall–Kier alpha value is -4.02. The van der Waals surface area contributed by atoms with E-state index in [0.717, 1.165) is 84.1 Å². The van der Waals surface area contributed by atoms with Crippen molar-refractivity contribution in [3.63, 3.8) is 0 Å². The van der Waals surface area contributed by atoms with E-state index >= 15 is 0 Å². The number of ether oxygens (including phenoxy) is 2. The zero-order chi connectivity index (χ0) is 31.0. The Morgan fingerprint density at radius 3 is 2.56 bits per heavy atom. The molecule has 2 N–H and O–H groups in total. The van der Waals surface area contributed by atoms with Gasteiger partial charge in [-0.3, -0.25) is 15.1 Å². The second-order valence-electron chi connectivity index (χ2n) is 10.5. The molecule has 1 amide bonds. The molecule has 0 aliphatic heterocycles. The minimum Gasteiger partial charge on any atom is -0.481 e. The Bertz CT molecular complexity index is 1450. The zero-order valence-electron chi connectivity index (χ0n) is 25.7. The SMILES string of the molecule is CCCCCC(=O)O.CCCCOCOC(=O)Nc1ccc2oc(C)c(CCN(C)Cc3cnc4ccccc4n3)c2c1. The molecule has 0 unspecified atom stereocenters. The Labute approximate surface area is 253 Å². The van der Waals surface area contributed by atoms with E-state index < -0.39 is 12.1 Å². The number of nitrogens with zero attached hydrogens (tertiary/aromatic N) is 3. The van der Waals surface area contributed by atoms with Crippen molar-refractivity contribution in [1.82, 2.24) is 14.9 Å². The number of aromatic nitrogens is 2. The Morgan fingerprint density at radius 2 is 1.81 bits per heavy atom. The number of carboxylic acid groups (broad SMARTS) is 1. The number of hydrogen-bond donors (Lipinski definition) is 2. The normalized spacial score (nSPS) is 11.0. The molecule has 2 heterocycles. The maximum Gasteiger partial charge on any atom is 0.413 e. The summed E-state index contributed by atoms with van der Waals surface area (Å²) in [4.78, 5) is 33.4. The minimum atomic E-state index is -0.682. The summed E-state index contributed by atoms with van der Waals surface area (Å²) in [7, 11) is 2.07. The summed E-state index contributed by atoms with van der Waals surface area (Å²) in [6, 6.07) is 13.5. The number of para-hydroxylation sites is 2. The number of carbonyl (C=O) groups is 2. The van der Waals surface area contributed by atoms with E-state index in [0.29, 0.717) is 25.3 Å². The number of benzene rings is 2. The highest BCUT2D eigenvalue weighted by atomic mass is 16.7. The number of aryl methyl sites for hydroxylation is 1. The van der Waals surface area contributed by atoms with Crippen LogP contribution in [0.3, 0.4) is 0 Å². The molecule has 4 rings (SSSR count). The molecular formula is C33H44N4O6. The molecule has 0 aliphatic carbocycles. The fourth-order valence-corrected chi connectivity index (χ4v) is 4.47. The van der Waals surface area contributed by atoms with Gasteiger partial charge in [0.15, 0.2) is 6.79 Å². The summed E-state index contributed by atoms with van der Waals surface area (Å²) < 4.78 is 16.3. The number of nitrogens with one attached hydrogen (secondary N) is 1. The standard InChI is InChI=1S/C27H32N4O4.C6H12O2/c1-4-5-14-33-18-34-27(32)30-20-10-11-26-23(15-20)22(19(2)35-26)12-13-31(3)17-21-16-28-24-8-6-7-9-25(24)29-21;1-2-3-4-5-6(7)8/h6-11,15-16H,4-5,12-14,17-18H2,1-3H3,(H,30,32);2-5H2,1H3,(H,7,8).